The highest BCUT2D eigenvalue weighted by Gasteiger charge is 2.58. The van der Waals surface area contributed by atoms with Crippen LogP contribution in [-0.4, -0.2) is 5.54 Å². The molecule has 3 fully saturated rings. The van der Waals surface area contributed by atoms with Gasteiger partial charge in [0.1, 0.15) is 0 Å². The summed E-state index contributed by atoms with van der Waals surface area (Å²) in [5, 5.41) is 4.01. The molecule has 0 N–H and O–H groups in total. The Kier molecular flexibility index (Phi) is 1.65. The van der Waals surface area contributed by atoms with E-state index in [-0.39, 0.29) is 5.54 Å². The molecule has 3 aliphatic rings. The highest BCUT2D eigenvalue weighted by Crippen LogP contribution is 2.63. The lowest BCUT2D eigenvalue weighted by Gasteiger charge is -2.63. The summed E-state index contributed by atoms with van der Waals surface area (Å²) in [6.07, 6.45) is 3.58. The molecule has 0 saturated heterocycles. The highest BCUT2D eigenvalue weighted by molar-refractivity contribution is 5.12. The van der Waals surface area contributed by atoms with Crippen LogP contribution < -0.4 is 0 Å². The molecular weight excluding hydrogens is 162 g/mol. The predicted molar refractivity (Wildman–Crippen MR) is 52.2 cm³/mol. The summed E-state index contributed by atoms with van der Waals surface area (Å²) >= 11 is 0. The van der Waals surface area contributed by atoms with Crippen LogP contribution in [0.4, 0.5) is 0 Å². The van der Waals surface area contributed by atoms with Gasteiger partial charge >= 0.3 is 0 Å². The van der Waals surface area contributed by atoms with Gasteiger partial charge in [0, 0.05) is 10.5 Å². The average Bonchev–Trinajstić information content (AvgIpc) is 2.03. The largest absolute Gasteiger partial charge is 0.0872 e. The van der Waals surface area contributed by atoms with Gasteiger partial charge in [0.2, 0.25) is 0 Å². The van der Waals surface area contributed by atoms with E-state index in [1.807, 2.05) is 0 Å². The number of rotatable bonds is 1. The zero-order valence-corrected chi connectivity index (χ0v) is 8.62. The van der Waals surface area contributed by atoms with Crippen LogP contribution in [0, 0.1) is 17.3 Å². The van der Waals surface area contributed by atoms with Crippen molar-refractivity contribution in [1.82, 2.24) is 0 Å². The number of fused-ring (bicyclic) bond motifs is 2. The quantitative estimate of drug-likeness (QED) is 0.336. The second-order valence-corrected chi connectivity index (χ2v) is 5.39. The average molecular weight is 179 g/mol. The van der Waals surface area contributed by atoms with Crippen LogP contribution in [0.5, 0.6) is 0 Å². The molecule has 0 aromatic rings. The van der Waals surface area contributed by atoms with Crippen molar-refractivity contribution in [2.45, 2.75) is 45.6 Å². The maximum Gasteiger partial charge on any atom is 0.0493 e. The summed E-state index contributed by atoms with van der Waals surface area (Å²) in [6.45, 7) is 6.75. The van der Waals surface area contributed by atoms with Crippen molar-refractivity contribution in [2.24, 2.45) is 22.4 Å². The number of azide groups is 1. The summed E-state index contributed by atoms with van der Waals surface area (Å²) in [5.74, 6) is 1.48. The Morgan fingerprint density at radius 1 is 1.38 bits per heavy atom. The molecule has 2 bridgehead atoms. The molecule has 3 aliphatic carbocycles. The summed E-state index contributed by atoms with van der Waals surface area (Å²) in [4.78, 5) is 3.00. The molecule has 0 amide bonds. The van der Waals surface area contributed by atoms with E-state index in [0.29, 0.717) is 11.3 Å². The van der Waals surface area contributed by atoms with Crippen LogP contribution in [0.25, 0.3) is 10.4 Å². The third-order valence-electron chi connectivity index (χ3n) is 4.49. The van der Waals surface area contributed by atoms with Crippen molar-refractivity contribution in [3.05, 3.63) is 10.4 Å². The lowest BCUT2D eigenvalue weighted by molar-refractivity contribution is -0.111. The van der Waals surface area contributed by atoms with Gasteiger partial charge in [0.25, 0.3) is 0 Å². The molecule has 72 valence electrons. The summed E-state index contributed by atoms with van der Waals surface area (Å²) in [7, 11) is 0. The standard InChI is InChI=1S/C10H17N3/c1-9(2)7-4-5-10(3,12-13-11)8(9)6-7/h7-8H,4-6H2,1-3H3/t7-,8+,10?/m1/s1. The van der Waals surface area contributed by atoms with Crippen molar-refractivity contribution >= 4 is 0 Å². The molecule has 0 radical (unpaired) electrons. The molecule has 3 rings (SSSR count). The van der Waals surface area contributed by atoms with E-state index in [2.05, 4.69) is 30.8 Å². The van der Waals surface area contributed by atoms with Crippen molar-refractivity contribution in [3.63, 3.8) is 0 Å². The van der Waals surface area contributed by atoms with E-state index in [1.165, 1.54) is 12.8 Å². The van der Waals surface area contributed by atoms with Crippen LogP contribution in [0.3, 0.4) is 0 Å². The minimum absolute atomic E-state index is 0.104. The van der Waals surface area contributed by atoms with E-state index in [0.717, 1.165) is 12.3 Å². The topological polar surface area (TPSA) is 48.8 Å². The molecule has 0 aliphatic heterocycles. The highest BCUT2D eigenvalue weighted by atomic mass is 15.2. The first-order valence-corrected chi connectivity index (χ1v) is 5.07. The summed E-state index contributed by atoms with van der Waals surface area (Å²) < 4.78 is 0. The van der Waals surface area contributed by atoms with E-state index in [1.54, 1.807) is 0 Å². The maximum absolute atomic E-state index is 8.55. The van der Waals surface area contributed by atoms with Crippen molar-refractivity contribution in [1.29, 1.82) is 0 Å². The van der Waals surface area contributed by atoms with Gasteiger partial charge in [-0.15, -0.1) is 0 Å². The predicted octanol–water partition coefficient (Wildman–Crippen LogP) is 3.51. The fraction of sp³-hybridized carbons (Fsp3) is 1.00. The van der Waals surface area contributed by atoms with Gasteiger partial charge < -0.3 is 0 Å². The number of nitrogens with zero attached hydrogens (tertiary/aromatic N) is 3. The minimum atomic E-state index is -0.104. The van der Waals surface area contributed by atoms with Crippen molar-refractivity contribution in [2.75, 3.05) is 0 Å². The van der Waals surface area contributed by atoms with E-state index >= 15 is 0 Å². The van der Waals surface area contributed by atoms with Crippen LogP contribution >= 0.6 is 0 Å². The molecule has 3 saturated carbocycles. The van der Waals surface area contributed by atoms with Crippen molar-refractivity contribution < 1.29 is 0 Å². The molecule has 0 aromatic carbocycles. The number of hydrogen-bond donors (Lipinski definition) is 0. The Hall–Kier alpha value is -0.690. The Morgan fingerprint density at radius 2 is 2.08 bits per heavy atom. The van der Waals surface area contributed by atoms with Gasteiger partial charge in [0.15, 0.2) is 0 Å². The normalized spacial score (nSPS) is 46.1. The molecule has 3 atom stereocenters. The second-order valence-electron chi connectivity index (χ2n) is 5.39. The Bertz CT molecular complexity index is 276. The van der Waals surface area contributed by atoms with Crippen LogP contribution in [0.1, 0.15) is 40.0 Å². The van der Waals surface area contributed by atoms with Gasteiger partial charge in [-0.25, -0.2) is 0 Å². The molecule has 13 heavy (non-hydrogen) atoms. The lowest BCUT2D eigenvalue weighted by atomic mass is 9.44. The fourth-order valence-corrected chi connectivity index (χ4v) is 3.42. The van der Waals surface area contributed by atoms with Gasteiger partial charge in [-0.1, -0.05) is 25.9 Å². The third kappa shape index (κ3) is 1.000. The Labute approximate surface area is 79.1 Å². The molecule has 0 heterocycles. The van der Waals surface area contributed by atoms with Crippen LogP contribution in [-0.2, 0) is 0 Å². The third-order valence-corrected chi connectivity index (χ3v) is 4.49. The zero-order valence-electron chi connectivity index (χ0n) is 8.62. The molecule has 3 heteroatoms. The molecule has 1 unspecified atom stereocenters. The van der Waals surface area contributed by atoms with E-state index in [4.69, 9.17) is 5.53 Å². The zero-order chi connectivity index (χ0) is 9.69. The monoisotopic (exact) mass is 179 g/mol. The van der Waals surface area contributed by atoms with Gasteiger partial charge in [-0.3, -0.25) is 0 Å². The van der Waals surface area contributed by atoms with Gasteiger partial charge in [-0.2, -0.15) is 0 Å². The number of hydrogen-bond acceptors (Lipinski definition) is 1. The van der Waals surface area contributed by atoms with Crippen LogP contribution in [0.15, 0.2) is 5.11 Å². The van der Waals surface area contributed by atoms with Gasteiger partial charge in [0.05, 0.1) is 0 Å². The second kappa shape index (κ2) is 2.42. The summed E-state index contributed by atoms with van der Waals surface area (Å²) in [6, 6.07) is 0. The maximum atomic E-state index is 8.55. The van der Waals surface area contributed by atoms with Crippen molar-refractivity contribution in [3.8, 4) is 0 Å². The molecule has 0 spiro atoms. The van der Waals surface area contributed by atoms with Gasteiger partial charge in [-0.05, 0) is 42.0 Å². The first kappa shape index (κ1) is 8.89. The SMILES string of the molecule is CC1(N=[N+]=[N-])CC[C@@H]2C[C@H]1C2(C)C. The smallest absolute Gasteiger partial charge is 0.0493 e. The lowest BCUT2D eigenvalue weighted by Crippen LogP contribution is -2.59. The minimum Gasteiger partial charge on any atom is -0.0872 e. The van der Waals surface area contributed by atoms with Crippen LogP contribution in [0.2, 0.25) is 0 Å². The summed E-state index contributed by atoms with van der Waals surface area (Å²) in [5.41, 5.74) is 8.85. The fourth-order valence-electron chi connectivity index (χ4n) is 3.42. The first-order chi connectivity index (χ1) is 6.00. The van der Waals surface area contributed by atoms with E-state index in [9.17, 15) is 0 Å². The first-order valence-electron chi connectivity index (χ1n) is 5.07. The van der Waals surface area contributed by atoms with E-state index < -0.39 is 0 Å². The molecular formula is C10H17N3. The Morgan fingerprint density at radius 3 is 2.54 bits per heavy atom. The molecule has 3 nitrogen and oxygen atoms in total. The Balaban J connectivity index is 2.29. The molecule has 0 aromatic heterocycles.